The highest BCUT2D eigenvalue weighted by atomic mass is 16.5. The molecule has 2 nitrogen and oxygen atoms in total. The van der Waals surface area contributed by atoms with Gasteiger partial charge in [0.15, 0.2) is 0 Å². The molecule has 2 heteroatoms. The normalized spacial score (nSPS) is 19.6. The first kappa shape index (κ1) is 8.47. The van der Waals surface area contributed by atoms with Gasteiger partial charge in [0.2, 0.25) is 0 Å². The largest absolute Gasteiger partial charge is 0.381 e. The Balaban J connectivity index is 2.24. The molecule has 0 aliphatic carbocycles. The number of hydrogen-bond acceptors (Lipinski definition) is 2. The smallest absolute Gasteiger partial charge is 0.145 e. The Morgan fingerprint density at radius 1 is 1.55 bits per heavy atom. The maximum absolute atomic E-state index is 10.2. The molecule has 0 unspecified atom stereocenters. The van der Waals surface area contributed by atoms with Crippen molar-refractivity contribution in [3.63, 3.8) is 0 Å². The Bertz CT molecular complexity index is 146. The summed E-state index contributed by atoms with van der Waals surface area (Å²) < 4.78 is 5.20. The minimum Gasteiger partial charge on any atom is -0.381 e. The van der Waals surface area contributed by atoms with Crippen molar-refractivity contribution in [3.8, 4) is 0 Å². The molecule has 0 saturated carbocycles. The summed E-state index contributed by atoms with van der Waals surface area (Å²) >= 11 is 0. The predicted molar refractivity (Wildman–Crippen MR) is 43.4 cm³/mol. The fraction of sp³-hybridized carbons (Fsp3) is 0.667. The molecular formula is C9H14O2. The van der Waals surface area contributed by atoms with E-state index < -0.39 is 0 Å². The molecule has 0 aromatic carbocycles. The molecular weight excluding hydrogens is 140 g/mol. The van der Waals surface area contributed by atoms with Gasteiger partial charge in [0.05, 0.1) is 0 Å². The van der Waals surface area contributed by atoms with E-state index >= 15 is 0 Å². The summed E-state index contributed by atoms with van der Waals surface area (Å²) in [6, 6.07) is 0. The van der Waals surface area contributed by atoms with Gasteiger partial charge in [0.25, 0.3) is 0 Å². The highest BCUT2D eigenvalue weighted by Crippen LogP contribution is 2.20. The van der Waals surface area contributed by atoms with E-state index in [0.29, 0.717) is 5.92 Å². The lowest BCUT2D eigenvalue weighted by molar-refractivity contribution is -0.105. The standard InChI is InChI=1S/C9H14O2/c1-8(7-10)6-9-2-4-11-5-3-9/h7,9H,1-6H2. The average Bonchev–Trinajstić information content (AvgIpc) is 2.06. The van der Waals surface area contributed by atoms with E-state index in [0.717, 1.165) is 44.3 Å². The molecule has 0 atom stereocenters. The van der Waals surface area contributed by atoms with Gasteiger partial charge in [-0.05, 0) is 30.8 Å². The fourth-order valence-electron chi connectivity index (χ4n) is 1.37. The maximum atomic E-state index is 10.2. The van der Waals surface area contributed by atoms with E-state index in [4.69, 9.17) is 4.74 Å². The van der Waals surface area contributed by atoms with Gasteiger partial charge in [-0.1, -0.05) is 6.58 Å². The van der Waals surface area contributed by atoms with Gasteiger partial charge in [-0.3, -0.25) is 4.79 Å². The number of rotatable bonds is 3. The topological polar surface area (TPSA) is 26.3 Å². The molecule has 62 valence electrons. The molecule has 1 rings (SSSR count). The third-order valence-electron chi connectivity index (χ3n) is 2.06. The van der Waals surface area contributed by atoms with Crippen LogP contribution in [0.4, 0.5) is 0 Å². The molecule has 0 N–H and O–H groups in total. The molecule has 0 aromatic heterocycles. The number of aldehydes is 1. The molecule has 1 aliphatic heterocycles. The second-order valence-electron chi connectivity index (χ2n) is 3.04. The van der Waals surface area contributed by atoms with Crippen LogP contribution >= 0.6 is 0 Å². The molecule has 0 amide bonds. The summed E-state index contributed by atoms with van der Waals surface area (Å²) in [5.41, 5.74) is 0.719. The minimum absolute atomic E-state index is 0.626. The first-order valence-electron chi connectivity index (χ1n) is 4.03. The Kier molecular flexibility index (Phi) is 3.30. The van der Waals surface area contributed by atoms with Crippen LogP contribution in [0.3, 0.4) is 0 Å². The van der Waals surface area contributed by atoms with Crippen LogP contribution in [-0.4, -0.2) is 19.5 Å². The molecule has 1 heterocycles. The Morgan fingerprint density at radius 3 is 2.73 bits per heavy atom. The zero-order valence-electron chi connectivity index (χ0n) is 6.71. The summed E-state index contributed by atoms with van der Waals surface area (Å²) in [5.74, 6) is 0.626. The number of hydrogen-bond donors (Lipinski definition) is 0. The van der Waals surface area contributed by atoms with Crippen LogP contribution in [0, 0.1) is 5.92 Å². The van der Waals surface area contributed by atoms with Crippen LogP contribution in [0.1, 0.15) is 19.3 Å². The maximum Gasteiger partial charge on any atom is 0.145 e. The third kappa shape index (κ3) is 2.85. The van der Waals surface area contributed by atoms with Gasteiger partial charge in [-0.2, -0.15) is 0 Å². The van der Waals surface area contributed by atoms with Crippen molar-refractivity contribution in [2.45, 2.75) is 19.3 Å². The van der Waals surface area contributed by atoms with Gasteiger partial charge in [0, 0.05) is 13.2 Å². The van der Waals surface area contributed by atoms with Crippen LogP contribution in [0.25, 0.3) is 0 Å². The molecule has 0 spiro atoms. The van der Waals surface area contributed by atoms with Crippen molar-refractivity contribution in [1.82, 2.24) is 0 Å². The molecule has 0 radical (unpaired) electrons. The Labute approximate surface area is 67.2 Å². The number of allylic oxidation sites excluding steroid dienone is 1. The van der Waals surface area contributed by atoms with E-state index in [1.54, 1.807) is 0 Å². The zero-order chi connectivity index (χ0) is 8.10. The van der Waals surface area contributed by atoms with Gasteiger partial charge in [-0.25, -0.2) is 0 Å². The van der Waals surface area contributed by atoms with Crippen molar-refractivity contribution >= 4 is 6.29 Å². The lowest BCUT2D eigenvalue weighted by Crippen LogP contribution is -2.16. The average molecular weight is 154 g/mol. The zero-order valence-corrected chi connectivity index (χ0v) is 6.71. The number of ether oxygens (including phenoxy) is 1. The highest BCUT2D eigenvalue weighted by Gasteiger charge is 2.13. The Hall–Kier alpha value is -0.630. The third-order valence-corrected chi connectivity index (χ3v) is 2.06. The van der Waals surface area contributed by atoms with Crippen molar-refractivity contribution in [2.24, 2.45) is 5.92 Å². The molecule has 1 saturated heterocycles. The first-order valence-corrected chi connectivity index (χ1v) is 4.03. The van der Waals surface area contributed by atoms with E-state index in [1.807, 2.05) is 0 Å². The van der Waals surface area contributed by atoms with Crippen LogP contribution in [-0.2, 0) is 9.53 Å². The SMILES string of the molecule is C=C(C=O)CC1CCOCC1. The van der Waals surface area contributed by atoms with Gasteiger partial charge < -0.3 is 4.74 Å². The van der Waals surface area contributed by atoms with Crippen LogP contribution in [0.15, 0.2) is 12.2 Å². The van der Waals surface area contributed by atoms with Gasteiger partial charge in [0.1, 0.15) is 6.29 Å². The molecule has 11 heavy (non-hydrogen) atoms. The lowest BCUT2D eigenvalue weighted by Gasteiger charge is -2.21. The summed E-state index contributed by atoms with van der Waals surface area (Å²) in [7, 11) is 0. The van der Waals surface area contributed by atoms with Crippen LogP contribution < -0.4 is 0 Å². The van der Waals surface area contributed by atoms with Crippen molar-refractivity contribution in [3.05, 3.63) is 12.2 Å². The number of carbonyl (C=O) groups is 1. The van der Waals surface area contributed by atoms with Crippen molar-refractivity contribution in [2.75, 3.05) is 13.2 Å². The summed E-state index contributed by atoms with van der Waals surface area (Å²) in [6.07, 6.45) is 3.86. The van der Waals surface area contributed by atoms with Gasteiger partial charge in [-0.15, -0.1) is 0 Å². The first-order chi connectivity index (χ1) is 5.33. The second kappa shape index (κ2) is 4.29. The second-order valence-corrected chi connectivity index (χ2v) is 3.04. The van der Waals surface area contributed by atoms with Crippen LogP contribution in [0.5, 0.6) is 0 Å². The molecule has 0 aromatic rings. The summed E-state index contributed by atoms with van der Waals surface area (Å²) in [5, 5.41) is 0. The molecule has 1 fully saturated rings. The van der Waals surface area contributed by atoms with E-state index in [2.05, 4.69) is 6.58 Å². The van der Waals surface area contributed by atoms with E-state index in [1.165, 1.54) is 0 Å². The fourth-order valence-corrected chi connectivity index (χ4v) is 1.37. The minimum atomic E-state index is 0.626. The van der Waals surface area contributed by atoms with E-state index in [-0.39, 0.29) is 0 Å². The summed E-state index contributed by atoms with van der Waals surface area (Å²) in [6.45, 7) is 5.35. The molecule has 0 bridgehead atoms. The number of carbonyl (C=O) groups excluding carboxylic acids is 1. The quantitative estimate of drug-likeness (QED) is 0.455. The van der Waals surface area contributed by atoms with Crippen molar-refractivity contribution in [1.29, 1.82) is 0 Å². The van der Waals surface area contributed by atoms with Gasteiger partial charge >= 0.3 is 0 Å². The van der Waals surface area contributed by atoms with Crippen LogP contribution in [0.2, 0.25) is 0 Å². The van der Waals surface area contributed by atoms with Crippen molar-refractivity contribution < 1.29 is 9.53 Å². The highest BCUT2D eigenvalue weighted by molar-refractivity contribution is 5.71. The monoisotopic (exact) mass is 154 g/mol. The Morgan fingerprint density at radius 2 is 2.18 bits per heavy atom. The predicted octanol–water partition coefficient (Wildman–Crippen LogP) is 1.56. The summed E-state index contributed by atoms with van der Waals surface area (Å²) in [4.78, 5) is 10.2. The lowest BCUT2D eigenvalue weighted by atomic mass is 9.93. The molecule has 1 aliphatic rings. The van der Waals surface area contributed by atoms with E-state index in [9.17, 15) is 4.79 Å².